The number of halogens is 2. The number of aliphatic imine (C=N–C) groups is 1. The maximum atomic E-state index is 13.4. The van der Waals surface area contributed by atoms with E-state index in [1.54, 1.807) is 55.6 Å². The van der Waals surface area contributed by atoms with Gasteiger partial charge in [0.05, 0.1) is 35.6 Å². The fourth-order valence-electron chi connectivity index (χ4n) is 2.90. The Labute approximate surface area is 179 Å². The molecule has 0 saturated carbocycles. The first-order valence-corrected chi connectivity index (χ1v) is 9.79. The molecule has 0 spiro atoms. The van der Waals surface area contributed by atoms with Gasteiger partial charge in [-0.15, -0.1) is 0 Å². The molecule has 0 saturated heterocycles. The summed E-state index contributed by atoms with van der Waals surface area (Å²) >= 11 is 2.15. The van der Waals surface area contributed by atoms with E-state index >= 15 is 0 Å². The van der Waals surface area contributed by atoms with Crippen LogP contribution in [0.2, 0.25) is 0 Å². The lowest BCUT2D eigenvalue weighted by Crippen LogP contribution is -2.24. The first-order valence-electron chi connectivity index (χ1n) is 8.71. The van der Waals surface area contributed by atoms with Crippen LogP contribution in [0.5, 0.6) is 5.75 Å². The SMILES string of the molecule is COc1ccc(N=Cc2nc3ccc(I)cc3c(=O)n2-c2ccc(F)cc2)cc1. The largest absolute Gasteiger partial charge is 0.497 e. The summed E-state index contributed by atoms with van der Waals surface area (Å²) in [5.41, 5.74) is 1.54. The molecule has 144 valence electrons. The number of nitrogens with zero attached hydrogens (tertiary/aromatic N) is 3. The maximum Gasteiger partial charge on any atom is 0.266 e. The molecule has 0 unspecified atom stereocenters. The molecule has 0 fully saturated rings. The van der Waals surface area contributed by atoms with Crippen LogP contribution in [0.3, 0.4) is 0 Å². The minimum atomic E-state index is -0.376. The monoisotopic (exact) mass is 499 g/mol. The van der Waals surface area contributed by atoms with Crippen LogP contribution in [0.25, 0.3) is 16.6 Å². The van der Waals surface area contributed by atoms with Crippen molar-refractivity contribution in [3.8, 4) is 11.4 Å². The molecule has 4 aromatic rings. The van der Waals surface area contributed by atoms with Gasteiger partial charge in [0.1, 0.15) is 11.6 Å². The summed E-state index contributed by atoms with van der Waals surface area (Å²) in [5, 5.41) is 0.489. The van der Waals surface area contributed by atoms with Crippen LogP contribution in [0.15, 0.2) is 76.5 Å². The fourth-order valence-corrected chi connectivity index (χ4v) is 3.39. The van der Waals surface area contributed by atoms with E-state index in [0.29, 0.717) is 28.1 Å². The van der Waals surface area contributed by atoms with Gasteiger partial charge in [-0.05, 0) is 89.3 Å². The van der Waals surface area contributed by atoms with E-state index in [-0.39, 0.29) is 11.4 Å². The zero-order valence-electron chi connectivity index (χ0n) is 15.3. The van der Waals surface area contributed by atoms with Crippen LogP contribution in [0.1, 0.15) is 5.82 Å². The normalized spacial score (nSPS) is 11.3. The van der Waals surface area contributed by atoms with E-state index in [2.05, 4.69) is 32.6 Å². The predicted molar refractivity (Wildman–Crippen MR) is 120 cm³/mol. The molecule has 0 N–H and O–H groups in total. The van der Waals surface area contributed by atoms with Gasteiger partial charge in [-0.25, -0.2) is 9.37 Å². The second kappa shape index (κ2) is 8.12. The highest BCUT2D eigenvalue weighted by molar-refractivity contribution is 14.1. The Morgan fingerprint density at radius 3 is 2.48 bits per heavy atom. The number of aromatic nitrogens is 2. The van der Waals surface area contributed by atoms with Crippen LogP contribution in [-0.4, -0.2) is 22.9 Å². The van der Waals surface area contributed by atoms with E-state index in [4.69, 9.17) is 4.74 Å². The van der Waals surface area contributed by atoms with Crippen molar-refractivity contribution in [3.63, 3.8) is 0 Å². The lowest BCUT2D eigenvalue weighted by Gasteiger charge is -2.11. The molecule has 0 aliphatic heterocycles. The first kappa shape index (κ1) is 19.3. The molecule has 4 rings (SSSR count). The molecule has 5 nitrogen and oxygen atoms in total. The van der Waals surface area contributed by atoms with Gasteiger partial charge in [0.25, 0.3) is 5.56 Å². The van der Waals surface area contributed by atoms with Crippen molar-refractivity contribution in [1.29, 1.82) is 0 Å². The molecular weight excluding hydrogens is 484 g/mol. The van der Waals surface area contributed by atoms with Crippen molar-refractivity contribution in [2.75, 3.05) is 7.11 Å². The van der Waals surface area contributed by atoms with Gasteiger partial charge in [0.15, 0.2) is 5.82 Å². The quantitative estimate of drug-likeness (QED) is 0.297. The molecule has 0 aliphatic carbocycles. The maximum absolute atomic E-state index is 13.4. The fraction of sp³-hybridized carbons (Fsp3) is 0.0455. The van der Waals surface area contributed by atoms with Crippen molar-refractivity contribution in [3.05, 3.63) is 92.3 Å². The summed E-state index contributed by atoms with van der Waals surface area (Å²) in [6.45, 7) is 0. The first-order chi connectivity index (χ1) is 14.0. The van der Waals surface area contributed by atoms with Gasteiger partial charge in [-0.3, -0.25) is 14.4 Å². The molecule has 29 heavy (non-hydrogen) atoms. The van der Waals surface area contributed by atoms with Gasteiger partial charge < -0.3 is 4.74 Å². The molecule has 0 aliphatic rings. The molecule has 0 atom stereocenters. The summed E-state index contributed by atoms with van der Waals surface area (Å²) in [4.78, 5) is 22.3. The van der Waals surface area contributed by atoms with Crippen molar-refractivity contribution in [1.82, 2.24) is 9.55 Å². The molecule has 0 radical (unpaired) electrons. The van der Waals surface area contributed by atoms with Gasteiger partial charge in [-0.2, -0.15) is 0 Å². The molecule has 7 heteroatoms. The number of rotatable bonds is 4. The van der Waals surface area contributed by atoms with Crippen molar-refractivity contribution < 1.29 is 9.13 Å². The van der Waals surface area contributed by atoms with Crippen LogP contribution in [0.4, 0.5) is 10.1 Å². The topological polar surface area (TPSA) is 56.5 Å². The summed E-state index contributed by atoms with van der Waals surface area (Å²) in [5.74, 6) is 0.704. The molecule has 0 bridgehead atoms. The minimum Gasteiger partial charge on any atom is -0.497 e. The van der Waals surface area contributed by atoms with Crippen molar-refractivity contribution in [2.45, 2.75) is 0 Å². The highest BCUT2D eigenvalue weighted by Gasteiger charge is 2.12. The van der Waals surface area contributed by atoms with E-state index in [9.17, 15) is 9.18 Å². The summed E-state index contributed by atoms with van der Waals surface area (Å²) in [6.07, 6.45) is 1.53. The molecule has 0 amide bonds. The van der Waals surface area contributed by atoms with Crippen molar-refractivity contribution in [2.24, 2.45) is 4.99 Å². The smallest absolute Gasteiger partial charge is 0.266 e. The molecule has 3 aromatic carbocycles. The van der Waals surface area contributed by atoms with Crippen LogP contribution in [-0.2, 0) is 0 Å². The van der Waals surface area contributed by atoms with Gasteiger partial charge in [0, 0.05) is 3.57 Å². The van der Waals surface area contributed by atoms with E-state index in [0.717, 1.165) is 9.32 Å². The number of benzene rings is 3. The average Bonchev–Trinajstić information content (AvgIpc) is 2.74. The number of fused-ring (bicyclic) bond motifs is 1. The van der Waals surface area contributed by atoms with E-state index in [1.165, 1.54) is 22.9 Å². The predicted octanol–water partition coefficient (Wildman–Crippen LogP) is 4.89. The average molecular weight is 499 g/mol. The summed E-state index contributed by atoms with van der Waals surface area (Å²) in [7, 11) is 1.60. The molecular formula is C22H15FIN3O2. The Bertz CT molecular complexity index is 1270. The van der Waals surface area contributed by atoms with Crippen molar-refractivity contribution >= 4 is 45.4 Å². The molecule has 1 aromatic heterocycles. The third-order valence-corrected chi connectivity index (χ3v) is 5.01. The second-order valence-electron chi connectivity index (χ2n) is 6.20. The Hall–Kier alpha value is -3.07. The summed E-state index contributed by atoms with van der Waals surface area (Å²) < 4.78 is 20.9. The number of ether oxygens (including phenoxy) is 1. The lowest BCUT2D eigenvalue weighted by molar-refractivity contribution is 0.415. The highest BCUT2D eigenvalue weighted by atomic mass is 127. The Balaban J connectivity index is 1.89. The van der Waals surface area contributed by atoms with Crippen LogP contribution >= 0.6 is 22.6 Å². The zero-order chi connectivity index (χ0) is 20.4. The van der Waals surface area contributed by atoms with Crippen LogP contribution in [0, 0.1) is 9.39 Å². The Morgan fingerprint density at radius 2 is 1.79 bits per heavy atom. The highest BCUT2D eigenvalue weighted by Crippen LogP contribution is 2.19. The third-order valence-electron chi connectivity index (χ3n) is 4.34. The lowest BCUT2D eigenvalue weighted by atomic mass is 10.2. The third kappa shape index (κ3) is 4.04. The van der Waals surface area contributed by atoms with Crippen LogP contribution < -0.4 is 10.3 Å². The zero-order valence-corrected chi connectivity index (χ0v) is 17.5. The van der Waals surface area contributed by atoms with E-state index < -0.39 is 0 Å². The standard InChI is InChI=1S/C22H15FIN3O2/c1-29-18-9-5-16(6-10-18)25-13-21-26-20-11-4-15(24)12-19(20)22(28)27(21)17-7-2-14(23)3-8-17/h2-13H,1H3. The minimum absolute atomic E-state index is 0.240. The Morgan fingerprint density at radius 1 is 1.07 bits per heavy atom. The molecule has 1 heterocycles. The summed E-state index contributed by atoms with van der Waals surface area (Å²) in [6, 6.07) is 18.4. The van der Waals surface area contributed by atoms with Gasteiger partial charge in [-0.1, -0.05) is 0 Å². The number of hydrogen-bond donors (Lipinski definition) is 0. The number of methoxy groups -OCH3 is 1. The second-order valence-corrected chi connectivity index (χ2v) is 7.45. The van der Waals surface area contributed by atoms with E-state index in [1.807, 2.05) is 6.07 Å². The van der Waals surface area contributed by atoms with Gasteiger partial charge in [0.2, 0.25) is 0 Å². The van der Waals surface area contributed by atoms with Gasteiger partial charge >= 0.3 is 0 Å². The Kier molecular flexibility index (Phi) is 5.39. The number of hydrogen-bond acceptors (Lipinski definition) is 4.